The van der Waals surface area contributed by atoms with Gasteiger partial charge in [-0.1, -0.05) is 62.0 Å². The maximum atomic E-state index is 5.47. The first kappa shape index (κ1) is 21.3. The first-order chi connectivity index (χ1) is 13.2. The lowest BCUT2D eigenvalue weighted by Crippen LogP contribution is -1.94. The molecule has 0 amide bonds. The van der Waals surface area contributed by atoms with Crippen molar-refractivity contribution in [3.63, 3.8) is 0 Å². The molecule has 0 fully saturated rings. The van der Waals surface area contributed by atoms with Crippen molar-refractivity contribution in [3.05, 3.63) is 80.5 Å². The van der Waals surface area contributed by atoms with Crippen molar-refractivity contribution in [2.45, 2.75) is 19.8 Å². The van der Waals surface area contributed by atoms with Gasteiger partial charge in [0.05, 0.1) is 26.0 Å². The zero-order valence-corrected chi connectivity index (χ0v) is 17.7. The Labute approximate surface area is 175 Å². The van der Waals surface area contributed by atoms with Crippen LogP contribution in [0.3, 0.4) is 0 Å². The molecule has 0 saturated heterocycles. The van der Waals surface area contributed by atoms with Gasteiger partial charge in [0.2, 0.25) is 0 Å². The summed E-state index contributed by atoms with van der Waals surface area (Å²) in [6.07, 6.45) is 6.69. The first-order valence-corrected chi connectivity index (χ1v) is 9.68. The van der Waals surface area contributed by atoms with E-state index in [1.165, 1.54) is 0 Å². The van der Waals surface area contributed by atoms with Gasteiger partial charge in [0.1, 0.15) is 12.3 Å². The molecule has 0 radical (unpaired) electrons. The fraction of sp³-hybridized carbons (Fsp3) is 0.200. The van der Waals surface area contributed by atoms with Crippen molar-refractivity contribution in [2.75, 3.05) is 6.61 Å². The summed E-state index contributed by atoms with van der Waals surface area (Å²) in [6.45, 7) is 2.01. The Morgan fingerprint density at radius 3 is 1.89 bits per heavy atom. The molecule has 1 heterocycles. The van der Waals surface area contributed by atoms with Gasteiger partial charge in [-0.2, -0.15) is 15.4 Å². The van der Waals surface area contributed by atoms with E-state index in [1.807, 2.05) is 48.5 Å². The highest BCUT2D eigenvalue weighted by Gasteiger charge is 1.97. The van der Waals surface area contributed by atoms with Crippen LogP contribution >= 0.6 is 31.9 Å². The number of rotatable bonds is 7. The standard InChI is InChI=1S/C10H10BrN3O.C10H9BrO/c11-9-3-1-8(2-4-9)6-15-7-10-5-12-14-13-10;1-2-7-12-8-9-3-5-10(11)6-4-9/h1-5H,6-7H2,(H,12,13,14);1,3-6H,7-8H2. The molecule has 2 aromatic carbocycles. The molecule has 1 N–H and O–H groups in total. The third kappa shape index (κ3) is 8.98. The summed E-state index contributed by atoms with van der Waals surface area (Å²) in [7, 11) is 0. The van der Waals surface area contributed by atoms with Crippen molar-refractivity contribution in [1.82, 2.24) is 15.4 Å². The van der Waals surface area contributed by atoms with E-state index in [0.717, 1.165) is 25.8 Å². The minimum atomic E-state index is 0.371. The van der Waals surface area contributed by atoms with Gasteiger partial charge in [-0.15, -0.1) is 6.42 Å². The van der Waals surface area contributed by atoms with Crippen molar-refractivity contribution >= 4 is 31.9 Å². The summed E-state index contributed by atoms with van der Waals surface area (Å²) in [6, 6.07) is 16.0. The van der Waals surface area contributed by atoms with Crippen LogP contribution in [-0.4, -0.2) is 22.0 Å². The van der Waals surface area contributed by atoms with Crippen molar-refractivity contribution in [2.24, 2.45) is 0 Å². The van der Waals surface area contributed by atoms with Gasteiger partial charge in [-0.05, 0) is 35.4 Å². The quantitative estimate of drug-likeness (QED) is 0.377. The average Bonchev–Trinajstić information content (AvgIpc) is 3.19. The summed E-state index contributed by atoms with van der Waals surface area (Å²) in [5, 5.41) is 10.1. The SMILES string of the molecule is Brc1ccc(COCc2cn[nH]n2)cc1.C#CCOCc1ccc(Br)cc1. The highest BCUT2D eigenvalue weighted by Crippen LogP contribution is 2.12. The van der Waals surface area contributed by atoms with Crippen LogP contribution in [0.15, 0.2) is 63.7 Å². The molecule has 0 aliphatic rings. The van der Waals surface area contributed by atoms with Crippen molar-refractivity contribution < 1.29 is 9.47 Å². The Hall–Kier alpha value is -1.98. The number of nitrogens with one attached hydrogen (secondary N) is 1. The molecule has 3 aromatic rings. The molecule has 0 saturated carbocycles. The second-order valence-corrected chi connectivity index (χ2v) is 7.24. The highest BCUT2D eigenvalue weighted by atomic mass is 79.9. The summed E-state index contributed by atoms with van der Waals surface area (Å²) >= 11 is 6.74. The van der Waals surface area contributed by atoms with Gasteiger partial charge in [-0.25, -0.2) is 0 Å². The van der Waals surface area contributed by atoms with Gasteiger partial charge < -0.3 is 9.47 Å². The Morgan fingerprint density at radius 2 is 1.41 bits per heavy atom. The van der Waals surface area contributed by atoms with Crippen molar-refractivity contribution in [1.29, 1.82) is 0 Å². The molecule has 0 bridgehead atoms. The smallest absolute Gasteiger partial charge is 0.108 e. The fourth-order valence-corrected chi connectivity index (χ4v) is 2.49. The van der Waals surface area contributed by atoms with Crippen LogP contribution in [0.2, 0.25) is 0 Å². The number of terminal acetylenes is 1. The number of benzene rings is 2. The van der Waals surface area contributed by atoms with E-state index < -0.39 is 0 Å². The average molecular weight is 493 g/mol. The van der Waals surface area contributed by atoms with Crippen LogP contribution in [0.4, 0.5) is 0 Å². The van der Waals surface area contributed by atoms with E-state index in [9.17, 15) is 0 Å². The van der Waals surface area contributed by atoms with E-state index in [-0.39, 0.29) is 0 Å². The molecule has 0 spiro atoms. The third-order valence-corrected chi connectivity index (χ3v) is 4.32. The zero-order valence-electron chi connectivity index (χ0n) is 14.6. The number of aromatic amines is 1. The molecule has 3 rings (SSSR count). The van der Waals surface area contributed by atoms with E-state index in [1.54, 1.807) is 6.20 Å². The van der Waals surface area contributed by atoms with Crippen LogP contribution < -0.4 is 0 Å². The fourth-order valence-electron chi connectivity index (χ4n) is 1.96. The Balaban J connectivity index is 0.000000199. The van der Waals surface area contributed by atoms with Gasteiger partial charge >= 0.3 is 0 Å². The van der Waals surface area contributed by atoms with E-state index in [4.69, 9.17) is 15.9 Å². The second-order valence-electron chi connectivity index (χ2n) is 5.40. The molecular formula is C20H19Br2N3O2. The Bertz CT molecular complexity index is 814. The molecule has 5 nitrogen and oxygen atoms in total. The van der Waals surface area contributed by atoms with Crippen molar-refractivity contribution in [3.8, 4) is 12.3 Å². The maximum Gasteiger partial charge on any atom is 0.108 e. The van der Waals surface area contributed by atoms with Crippen LogP contribution in [0.5, 0.6) is 0 Å². The van der Waals surface area contributed by atoms with Crippen LogP contribution in [0.25, 0.3) is 0 Å². The Morgan fingerprint density at radius 1 is 0.852 bits per heavy atom. The topological polar surface area (TPSA) is 60.0 Å². The van der Waals surface area contributed by atoms with Gasteiger partial charge in [0.25, 0.3) is 0 Å². The van der Waals surface area contributed by atoms with Gasteiger partial charge in [-0.3, -0.25) is 0 Å². The molecule has 0 unspecified atom stereocenters. The maximum absolute atomic E-state index is 5.47. The van der Waals surface area contributed by atoms with E-state index in [0.29, 0.717) is 26.4 Å². The third-order valence-electron chi connectivity index (χ3n) is 3.26. The number of H-pyrrole nitrogens is 1. The minimum Gasteiger partial charge on any atom is -0.370 e. The van der Waals surface area contributed by atoms with Crippen LogP contribution in [-0.2, 0) is 29.3 Å². The first-order valence-electron chi connectivity index (χ1n) is 8.10. The lowest BCUT2D eigenvalue weighted by atomic mass is 10.2. The number of ether oxygens (including phenoxy) is 2. The molecule has 0 aliphatic carbocycles. The van der Waals surface area contributed by atoms with E-state index in [2.05, 4.69) is 53.2 Å². The van der Waals surface area contributed by atoms with Gasteiger partial charge in [0, 0.05) is 8.95 Å². The number of halogens is 2. The molecule has 27 heavy (non-hydrogen) atoms. The summed E-state index contributed by atoms with van der Waals surface area (Å²) in [5.74, 6) is 2.42. The van der Waals surface area contributed by atoms with Gasteiger partial charge in [0.15, 0.2) is 0 Å². The predicted octanol–water partition coefficient (Wildman–Crippen LogP) is 4.88. The number of hydrogen-bond acceptors (Lipinski definition) is 4. The van der Waals surface area contributed by atoms with Crippen LogP contribution in [0, 0.1) is 12.3 Å². The minimum absolute atomic E-state index is 0.371. The summed E-state index contributed by atoms with van der Waals surface area (Å²) in [5.41, 5.74) is 3.09. The highest BCUT2D eigenvalue weighted by molar-refractivity contribution is 9.10. The Kier molecular flexibility index (Phi) is 9.80. The summed E-state index contributed by atoms with van der Waals surface area (Å²) in [4.78, 5) is 0. The molecular weight excluding hydrogens is 474 g/mol. The molecule has 0 atom stereocenters. The molecule has 1 aromatic heterocycles. The normalized spacial score (nSPS) is 9.96. The largest absolute Gasteiger partial charge is 0.370 e. The van der Waals surface area contributed by atoms with E-state index >= 15 is 0 Å². The molecule has 140 valence electrons. The second kappa shape index (κ2) is 12.4. The summed E-state index contributed by atoms with van der Waals surface area (Å²) < 4.78 is 12.8. The predicted molar refractivity (Wildman–Crippen MR) is 112 cm³/mol. The van der Waals surface area contributed by atoms with Crippen LogP contribution in [0.1, 0.15) is 16.8 Å². The number of nitrogens with zero attached hydrogens (tertiary/aromatic N) is 2. The monoisotopic (exact) mass is 491 g/mol. The lowest BCUT2D eigenvalue weighted by molar-refractivity contribution is 0.104. The molecule has 7 heteroatoms. The number of aromatic nitrogens is 3. The molecule has 0 aliphatic heterocycles. The zero-order chi connectivity index (χ0) is 19.3. The lowest BCUT2D eigenvalue weighted by Gasteiger charge is -2.01. The number of hydrogen-bond donors (Lipinski definition) is 1.